The molecule has 2 atom stereocenters. The molecular formula is C25H38N2O3. The summed E-state index contributed by atoms with van der Waals surface area (Å²) in [7, 11) is 1.77. The zero-order chi connectivity index (χ0) is 21.6. The molecule has 0 saturated heterocycles. The van der Waals surface area contributed by atoms with Gasteiger partial charge in [-0.3, -0.25) is 4.79 Å². The number of rotatable bonds is 11. The molecule has 0 radical (unpaired) electrons. The summed E-state index contributed by atoms with van der Waals surface area (Å²) in [5.41, 5.74) is 2.05. The van der Waals surface area contributed by atoms with Crippen LogP contribution in [-0.2, 0) is 9.53 Å². The molecule has 2 aliphatic carbocycles. The minimum Gasteiger partial charge on any atom is -0.481 e. The maximum atomic E-state index is 11.3. The summed E-state index contributed by atoms with van der Waals surface area (Å²) in [5.74, 6) is -0.120. The Morgan fingerprint density at radius 3 is 2.47 bits per heavy atom. The third kappa shape index (κ3) is 6.66. The summed E-state index contributed by atoms with van der Waals surface area (Å²) in [4.78, 5) is 11.3. The summed E-state index contributed by atoms with van der Waals surface area (Å²) in [6.45, 7) is 4.87. The highest BCUT2D eigenvalue weighted by Gasteiger charge is 2.41. The Hall–Kier alpha value is -1.69. The normalized spacial score (nSPS) is 27.1. The monoisotopic (exact) mass is 414 g/mol. The van der Waals surface area contributed by atoms with E-state index in [0.29, 0.717) is 30.6 Å². The van der Waals surface area contributed by atoms with E-state index in [4.69, 9.17) is 4.74 Å². The van der Waals surface area contributed by atoms with Gasteiger partial charge in [-0.15, -0.1) is 0 Å². The van der Waals surface area contributed by atoms with Gasteiger partial charge in [0.25, 0.3) is 0 Å². The Morgan fingerprint density at radius 2 is 1.83 bits per heavy atom. The number of methoxy groups -OCH3 is 1. The molecule has 2 unspecified atom stereocenters. The van der Waals surface area contributed by atoms with Gasteiger partial charge in [0.2, 0.25) is 0 Å². The Morgan fingerprint density at radius 1 is 1.17 bits per heavy atom. The van der Waals surface area contributed by atoms with Crippen molar-refractivity contribution in [3.05, 3.63) is 41.5 Å². The first-order chi connectivity index (χ1) is 14.4. The van der Waals surface area contributed by atoms with Crippen LogP contribution in [0, 0.1) is 11.3 Å². The number of hydrogen-bond donors (Lipinski definition) is 3. The standard InChI is InChI=1S/C25H38N2O3/c1-25(2,24(28)29)17-26-20-9-11-21(12-10-20)27-23-16-22(23)19(13-14-30-3)15-18-7-5-4-6-8-18/h4-8,15,20-23,26-27H,9-14,16-17H2,1-3H3,(H,28,29)/b19-15+. The highest BCUT2D eigenvalue weighted by atomic mass is 16.5. The van der Waals surface area contributed by atoms with Gasteiger partial charge < -0.3 is 20.5 Å². The van der Waals surface area contributed by atoms with E-state index >= 15 is 0 Å². The zero-order valence-corrected chi connectivity index (χ0v) is 18.7. The number of ether oxygens (including phenoxy) is 1. The molecule has 2 fully saturated rings. The van der Waals surface area contributed by atoms with Crippen molar-refractivity contribution in [1.82, 2.24) is 10.6 Å². The number of carboxylic acid groups (broad SMARTS) is 1. The van der Waals surface area contributed by atoms with Crippen LogP contribution in [0.1, 0.15) is 57.9 Å². The van der Waals surface area contributed by atoms with E-state index in [2.05, 4.69) is 47.0 Å². The summed E-state index contributed by atoms with van der Waals surface area (Å²) in [6, 6.07) is 12.2. The van der Waals surface area contributed by atoms with Gasteiger partial charge in [-0.1, -0.05) is 42.0 Å². The average Bonchev–Trinajstić information content (AvgIpc) is 3.50. The summed E-state index contributed by atoms with van der Waals surface area (Å²) in [6.07, 6.45) is 9.09. The van der Waals surface area contributed by atoms with Gasteiger partial charge in [0, 0.05) is 38.4 Å². The molecule has 2 saturated carbocycles. The number of hydrogen-bond acceptors (Lipinski definition) is 4. The van der Waals surface area contributed by atoms with E-state index in [1.54, 1.807) is 21.0 Å². The fourth-order valence-corrected chi connectivity index (χ4v) is 4.38. The second kappa shape index (κ2) is 10.6. The minimum atomic E-state index is -0.738. The Bertz CT molecular complexity index is 708. The van der Waals surface area contributed by atoms with Gasteiger partial charge >= 0.3 is 5.97 Å². The van der Waals surface area contributed by atoms with Crippen LogP contribution in [0.3, 0.4) is 0 Å². The van der Waals surface area contributed by atoms with Crippen molar-refractivity contribution in [3.63, 3.8) is 0 Å². The fourth-order valence-electron chi connectivity index (χ4n) is 4.38. The van der Waals surface area contributed by atoms with Crippen LogP contribution < -0.4 is 10.6 Å². The van der Waals surface area contributed by atoms with Gasteiger partial charge in [-0.05, 0) is 63.9 Å². The van der Waals surface area contributed by atoms with Gasteiger partial charge in [0.1, 0.15) is 0 Å². The molecule has 1 aromatic carbocycles. The third-order valence-corrected chi connectivity index (χ3v) is 6.60. The maximum Gasteiger partial charge on any atom is 0.310 e. The van der Waals surface area contributed by atoms with Crippen LogP contribution >= 0.6 is 0 Å². The van der Waals surface area contributed by atoms with Crippen LogP contribution in [0.15, 0.2) is 35.9 Å². The highest BCUT2D eigenvalue weighted by Crippen LogP contribution is 2.41. The second-order valence-electron chi connectivity index (χ2n) is 9.61. The smallest absolute Gasteiger partial charge is 0.310 e. The predicted molar refractivity (Wildman–Crippen MR) is 121 cm³/mol. The molecule has 0 aliphatic heterocycles. The van der Waals surface area contributed by atoms with Gasteiger partial charge in [0.15, 0.2) is 0 Å². The Kier molecular flexibility index (Phi) is 8.09. The van der Waals surface area contributed by atoms with Crippen molar-refractivity contribution >= 4 is 12.0 Å². The average molecular weight is 415 g/mol. The molecule has 0 bridgehead atoms. The molecule has 1 aromatic rings. The summed E-state index contributed by atoms with van der Waals surface area (Å²) in [5, 5.41) is 16.6. The first-order valence-electron chi connectivity index (χ1n) is 11.4. The lowest BCUT2D eigenvalue weighted by Crippen LogP contribution is -2.45. The molecule has 3 rings (SSSR count). The SMILES string of the molecule is COCC/C(=C\c1ccccc1)C1CC1NC1CCC(NCC(C)(C)C(=O)O)CC1. The third-order valence-electron chi connectivity index (χ3n) is 6.60. The highest BCUT2D eigenvalue weighted by molar-refractivity contribution is 5.73. The van der Waals surface area contributed by atoms with E-state index < -0.39 is 11.4 Å². The number of nitrogens with one attached hydrogen (secondary N) is 2. The summed E-state index contributed by atoms with van der Waals surface area (Å²) < 4.78 is 5.34. The van der Waals surface area contributed by atoms with E-state index in [0.717, 1.165) is 38.7 Å². The topological polar surface area (TPSA) is 70.6 Å². The number of carboxylic acids is 1. The van der Waals surface area contributed by atoms with Crippen LogP contribution in [-0.4, -0.2) is 49.5 Å². The molecule has 0 spiro atoms. The van der Waals surface area contributed by atoms with Crippen molar-refractivity contribution in [2.45, 2.75) is 70.5 Å². The van der Waals surface area contributed by atoms with E-state index in [1.165, 1.54) is 17.6 Å². The van der Waals surface area contributed by atoms with Gasteiger partial charge in [-0.25, -0.2) is 0 Å². The minimum absolute atomic E-state index is 0.437. The first kappa shape index (κ1) is 23.0. The van der Waals surface area contributed by atoms with Crippen molar-refractivity contribution in [1.29, 1.82) is 0 Å². The van der Waals surface area contributed by atoms with Crippen LogP contribution in [0.2, 0.25) is 0 Å². The van der Waals surface area contributed by atoms with E-state index in [1.807, 2.05) is 0 Å². The van der Waals surface area contributed by atoms with Crippen molar-refractivity contribution in [2.24, 2.45) is 11.3 Å². The molecule has 166 valence electrons. The first-order valence-corrected chi connectivity index (χ1v) is 11.4. The molecular weight excluding hydrogens is 376 g/mol. The molecule has 3 N–H and O–H groups in total. The quantitative estimate of drug-likeness (QED) is 0.509. The largest absolute Gasteiger partial charge is 0.481 e. The summed E-state index contributed by atoms with van der Waals surface area (Å²) >= 11 is 0. The van der Waals surface area contributed by atoms with Crippen LogP contribution in [0.25, 0.3) is 6.08 Å². The molecule has 2 aliphatic rings. The zero-order valence-electron chi connectivity index (χ0n) is 18.7. The second-order valence-corrected chi connectivity index (χ2v) is 9.61. The maximum absolute atomic E-state index is 11.3. The van der Waals surface area contributed by atoms with E-state index in [-0.39, 0.29) is 0 Å². The molecule has 5 heteroatoms. The van der Waals surface area contributed by atoms with Crippen LogP contribution in [0.5, 0.6) is 0 Å². The lowest BCUT2D eigenvalue weighted by molar-refractivity contribution is -0.146. The van der Waals surface area contributed by atoms with E-state index in [9.17, 15) is 9.90 Å². The lowest BCUT2D eigenvalue weighted by atomic mass is 9.88. The molecule has 0 aromatic heterocycles. The molecule has 30 heavy (non-hydrogen) atoms. The number of benzene rings is 1. The Balaban J connectivity index is 1.44. The van der Waals surface area contributed by atoms with Crippen molar-refractivity contribution in [3.8, 4) is 0 Å². The van der Waals surface area contributed by atoms with Crippen LogP contribution in [0.4, 0.5) is 0 Å². The molecule has 0 amide bonds. The van der Waals surface area contributed by atoms with Crippen molar-refractivity contribution in [2.75, 3.05) is 20.3 Å². The van der Waals surface area contributed by atoms with Gasteiger partial charge in [0.05, 0.1) is 5.41 Å². The molecule has 0 heterocycles. The van der Waals surface area contributed by atoms with Crippen molar-refractivity contribution < 1.29 is 14.6 Å². The fraction of sp³-hybridized carbons (Fsp3) is 0.640. The number of aliphatic carboxylic acids is 1. The lowest BCUT2D eigenvalue weighted by Gasteiger charge is -2.32. The Labute approximate surface area is 181 Å². The number of carbonyl (C=O) groups is 1. The van der Waals surface area contributed by atoms with Gasteiger partial charge in [-0.2, -0.15) is 0 Å². The predicted octanol–water partition coefficient (Wildman–Crippen LogP) is 4.10. The molecule has 5 nitrogen and oxygen atoms in total.